The van der Waals surface area contributed by atoms with Crippen LogP contribution in [0.15, 0.2) is 0 Å². The van der Waals surface area contributed by atoms with Gasteiger partial charge in [0.05, 0.1) is 6.04 Å². The third-order valence-electron chi connectivity index (χ3n) is 4.23. The molecule has 0 aromatic heterocycles. The van der Waals surface area contributed by atoms with Crippen molar-refractivity contribution in [3.63, 3.8) is 0 Å². The smallest absolute Gasteiger partial charge is 0.407 e. The predicted octanol–water partition coefficient (Wildman–Crippen LogP) is 3.55. The Labute approximate surface area is 140 Å². The van der Waals surface area contributed by atoms with Gasteiger partial charge in [-0.15, -0.1) is 0 Å². The van der Waals surface area contributed by atoms with Crippen LogP contribution < -0.4 is 11.1 Å². The Balaban J connectivity index is 2.14. The van der Waals surface area contributed by atoms with Crippen molar-refractivity contribution in [2.75, 3.05) is 6.54 Å². The molecule has 1 atom stereocenters. The number of rotatable bonds is 7. The van der Waals surface area contributed by atoms with Crippen LogP contribution >= 0.6 is 0 Å². The van der Waals surface area contributed by atoms with Crippen LogP contribution in [0, 0.1) is 5.92 Å². The molecule has 0 aromatic rings. The first kappa shape index (κ1) is 19.9. The van der Waals surface area contributed by atoms with Gasteiger partial charge in [0, 0.05) is 12.5 Å². The normalized spacial score (nSPS) is 18.1. The number of hydrogen-bond donors (Lipinski definition) is 2. The van der Waals surface area contributed by atoms with E-state index < -0.39 is 11.7 Å². The molecule has 0 aliphatic heterocycles. The molecular weight excluding hydrogens is 292 g/mol. The molecule has 3 N–H and O–H groups in total. The fraction of sp³-hybridized carbons (Fsp3) is 0.889. The second-order valence-electron chi connectivity index (χ2n) is 7.62. The number of ether oxygens (including phenoxy) is 1. The first-order valence-electron chi connectivity index (χ1n) is 9.06. The number of unbranched alkanes of at least 4 members (excludes halogenated alkanes) is 1. The number of carbonyl (C=O) groups excluding carboxylic acids is 2. The van der Waals surface area contributed by atoms with Crippen LogP contribution in [0.25, 0.3) is 0 Å². The third kappa shape index (κ3) is 8.94. The molecule has 5 nitrogen and oxygen atoms in total. The average molecular weight is 326 g/mol. The van der Waals surface area contributed by atoms with Crippen molar-refractivity contribution in [1.82, 2.24) is 5.32 Å². The zero-order valence-electron chi connectivity index (χ0n) is 15.0. The average Bonchev–Trinajstić information content (AvgIpc) is 2.73. The van der Waals surface area contributed by atoms with E-state index in [-0.39, 0.29) is 17.7 Å². The van der Waals surface area contributed by atoms with Gasteiger partial charge >= 0.3 is 6.09 Å². The minimum atomic E-state index is -0.475. The maximum absolute atomic E-state index is 12.4. The molecule has 0 bridgehead atoms. The van der Waals surface area contributed by atoms with E-state index in [0.717, 1.165) is 38.5 Å². The Morgan fingerprint density at radius 1 is 1.13 bits per heavy atom. The van der Waals surface area contributed by atoms with Gasteiger partial charge < -0.3 is 15.8 Å². The molecule has 1 rings (SSSR count). The van der Waals surface area contributed by atoms with Crippen LogP contribution in [0.1, 0.15) is 78.6 Å². The zero-order chi connectivity index (χ0) is 17.3. The Hall–Kier alpha value is -1.10. The maximum atomic E-state index is 12.4. The summed E-state index contributed by atoms with van der Waals surface area (Å²) < 4.78 is 5.17. The number of carbonyl (C=O) groups is 2. The van der Waals surface area contributed by atoms with E-state index in [4.69, 9.17) is 10.5 Å². The zero-order valence-corrected chi connectivity index (χ0v) is 15.0. The van der Waals surface area contributed by atoms with E-state index >= 15 is 0 Å². The van der Waals surface area contributed by atoms with E-state index in [1.807, 2.05) is 20.8 Å². The van der Waals surface area contributed by atoms with Gasteiger partial charge in [0.25, 0.3) is 0 Å². The van der Waals surface area contributed by atoms with Crippen molar-refractivity contribution in [1.29, 1.82) is 0 Å². The van der Waals surface area contributed by atoms with Gasteiger partial charge in [0.1, 0.15) is 5.60 Å². The molecule has 1 amide bonds. The molecule has 0 heterocycles. The lowest BCUT2D eigenvalue weighted by molar-refractivity contribution is -0.124. The number of ketones is 1. The summed E-state index contributed by atoms with van der Waals surface area (Å²) in [6, 6.07) is -0.348. The summed E-state index contributed by atoms with van der Waals surface area (Å²) >= 11 is 0. The van der Waals surface area contributed by atoms with Gasteiger partial charge in [-0.05, 0) is 52.9 Å². The minimum Gasteiger partial charge on any atom is -0.444 e. The van der Waals surface area contributed by atoms with Crippen LogP contribution in [-0.4, -0.2) is 30.1 Å². The highest BCUT2D eigenvalue weighted by atomic mass is 16.6. The summed E-state index contributed by atoms with van der Waals surface area (Å²) in [5.41, 5.74) is 5.59. The van der Waals surface area contributed by atoms with Crippen LogP contribution in [0.4, 0.5) is 4.79 Å². The van der Waals surface area contributed by atoms with Crippen LogP contribution in [0.2, 0.25) is 0 Å². The van der Waals surface area contributed by atoms with Crippen molar-refractivity contribution < 1.29 is 14.3 Å². The van der Waals surface area contributed by atoms with Crippen LogP contribution in [-0.2, 0) is 9.53 Å². The maximum Gasteiger partial charge on any atom is 0.407 e. The predicted molar refractivity (Wildman–Crippen MR) is 92.3 cm³/mol. The number of nitrogens with one attached hydrogen (secondary N) is 1. The van der Waals surface area contributed by atoms with Crippen molar-refractivity contribution in [2.24, 2.45) is 11.7 Å². The van der Waals surface area contributed by atoms with Crippen molar-refractivity contribution in [2.45, 2.75) is 90.2 Å². The lowest BCUT2D eigenvalue weighted by Crippen LogP contribution is -2.36. The van der Waals surface area contributed by atoms with Crippen molar-refractivity contribution in [3.8, 4) is 0 Å². The first-order valence-corrected chi connectivity index (χ1v) is 9.06. The lowest BCUT2D eigenvalue weighted by Gasteiger charge is -2.20. The Morgan fingerprint density at radius 3 is 2.30 bits per heavy atom. The molecule has 0 aromatic carbocycles. The lowest BCUT2D eigenvalue weighted by atomic mass is 9.89. The monoisotopic (exact) mass is 326 g/mol. The molecule has 134 valence electrons. The summed E-state index contributed by atoms with van der Waals surface area (Å²) in [4.78, 5) is 23.9. The quantitative estimate of drug-likeness (QED) is 0.554. The van der Waals surface area contributed by atoms with Crippen LogP contribution in [0.5, 0.6) is 0 Å². The molecule has 5 heteroatoms. The summed E-state index contributed by atoms with van der Waals surface area (Å²) in [5, 5.41) is 2.73. The molecule has 1 saturated carbocycles. The van der Waals surface area contributed by atoms with E-state index in [9.17, 15) is 9.59 Å². The number of hydrogen-bond acceptors (Lipinski definition) is 4. The number of nitrogens with two attached hydrogens (primary N) is 1. The van der Waals surface area contributed by atoms with Gasteiger partial charge in [-0.1, -0.05) is 25.7 Å². The molecule has 0 unspecified atom stereocenters. The largest absolute Gasteiger partial charge is 0.444 e. The second-order valence-corrected chi connectivity index (χ2v) is 7.62. The highest BCUT2D eigenvalue weighted by Crippen LogP contribution is 2.24. The standard InChI is InChI=1S/C18H34N2O3/c1-18(2,3)23-17(22)20-13-9-8-12-15(19)16(21)14-10-6-4-5-7-11-14/h14-15H,4-13,19H2,1-3H3,(H,20,22)/t15-/m0/s1. The van der Waals surface area contributed by atoms with E-state index in [0.29, 0.717) is 13.0 Å². The first-order chi connectivity index (χ1) is 10.8. The Bertz CT molecular complexity index is 369. The summed E-state index contributed by atoms with van der Waals surface area (Å²) in [6.45, 7) is 6.07. The SMILES string of the molecule is CC(C)(C)OC(=O)NCCCC[C@H](N)C(=O)C1CCCCCC1. The molecule has 23 heavy (non-hydrogen) atoms. The number of alkyl carbamates (subject to hydrolysis) is 1. The molecular formula is C18H34N2O3. The van der Waals surface area contributed by atoms with Gasteiger partial charge in [-0.25, -0.2) is 4.79 Å². The van der Waals surface area contributed by atoms with Gasteiger partial charge in [0.2, 0.25) is 0 Å². The van der Waals surface area contributed by atoms with E-state index in [1.54, 1.807) is 0 Å². The number of amides is 1. The summed E-state index contributed by atoms with van der Waals surface area (Å²) in [6.07, 6.45) is 8.78. The molecule has 0 radical (unpaired) electrons. The number of Topliss-reactive ketones (excluding diaryl/α,β-unsaturated/α-hetero) is 1. The van der Waals surface area contributed by atoms with E-state index in [2.05, 4.69) is 5.32 Å². The van der Waals surface area contributed by atoms with Gasteiger partial charge in [0.15, 0.2) is 5.78 Å². The molecule has 0 spiro atoms. The Morgan fingerprint density at radius 2 is 1.74 bits per heavy atom. The molecule has 1 fully saturated rings. The van der Waals surface area contributed by atoms with Crippen molar-refractivity contribution in [3.05, 3.63) is 0 Å². The Kier molecular flexibility index (Phi) is 8.59. The molecule has 0 saturated heterocycles. The minimum absolute atomic E-state index is 0.174. The highest BCUT2D eigenvalue weighted by molar-refractivity contribution is 5.86. The fourth-order valence-corrected chi connectivity index (χ4v) is 3.00. The highest BCUT2D eigenvalue weighted by Gasteiger charge is 2.24. The topological polar surface area (TPSA) is 81.4 Å². The van der Waals surface area contributed by atoms with Crippen LogP contribution in [0.3, 0.4) is 0 Å². The summed E-state index contributed by atoms with van der Waals surface area (Å²) in [5.74, 6) is 0.416. The fourth-order valence-electron chi connectivity index (χ4n) is 3.00. The second kappa shape index (κ2) is 9.91. The van der Waals surface area contributed by atoms with Gasteiger partial charge in [-0.3, -0.25) is 4.79 Å². The molecule has 1 aliphatic carbocycles. The summed E-state index contributed by atoms with van der Waals surface area (Å²) in [7, 11) is 0. The molecule has 1 aliphatic rings. The third-order valence-corrected chi connectivity index (χ3v) is 4.23. The van der Waals surface area contributed by atoms with E-state index in [1.165, 1.54) is 12.8 Å². The van der Waals surface area contributed by atoms with Crippen molar-refractivity contribution >= 4 is 11.9 Å². The van der Waals surface area contributed by atoms with Gasteiger partial charge in [-0.2, -0.15) is 0 Å².